The molecule has 0 saturated heterocycles. The van der Waals surface area contributed by atoms with Crippen molar-refractivity contribution in [2.45, 2.75) is 11.9 Å². The molecule has 1 heterocycles. The molecule has 4 nitrogen and oxygen atoms in total. The van der Waals surface area contributed by atoms with E-state index in [0.29, 0.717) is 0 Å². The molecule has 4 N–H and O–H groups in total. The minimum Gasteiger partial charge on any atom is -0.366 e. The SMILES string of the molecule is NC(=O)C1=CC=CNC1(O)C(F)(F)F. The number of dihydropyridines is 1. The average molecular weight is 208 g/mol. The number of aliphatic hydroxyl groups is 1. The first-order chi connectivity index (χ1) is 6.29. The number of halogens is 3. The van der Waals surface area contributed by atoms with Crippen molar-refractivity contribution in [3.63, 3.8) is 0 Å². The molecule has 0 spiro atoms. The number of primary amides is 1. The van der Waals surface area contributed by atoms with Crippen LogP contribution in [0.5, 0.6) is 0 Å². The van der Waals surface area contributed by atoms with Gasteiger partial charge >= 0.3 is 6.18 Å². The van der Waals surface area contributed by atoms with Crippen LogP contribution >= 0.6 is 0 Å². The van der Waals surface area contributed by atoms with Crippen molar-refractivity contribution in [3.05, 3.63) is 23.9 Å². The lowest BCUT2D eigenvalue weighted by molar-refractivity contribution is -0.252. The Morgan fingerprint density at radius 2 is 2.14 bits per heavy atom. The van der Waals surface area contributed by atoms with E-state index in [2.05, 4.69) is 0 Å². The van der Waals surface area contributed by atoms with Gasteiger partial charge in [-0.3, -0.25) is 4.79 Å². The van der Waals surface area contributed by atoms with Gasteiger partial charge in [-0.25, -0.2) is 0 Å². The van der Waals surface area contributed by atoms with Crippen molar-refractivity contribution in [1.82, 2.24) is 5.32 Å². The van der Waals surface area contributed by atoms with E-state index in [1.165, 1.54) is 0 Å². The second-order valence-corrected chi connectivity index (χ2v) is 2.66. The van der Waals surface area contributed by atoms with Crippen molar-refractivity contribution >= 4 is 5.91 Å². The number of carbonyl (C=O) groups excluding carboxylic acids is 1. The van der Waals surface area contributed by atoms with Gasteiger partial charge in [0, 0.05) is 0 Å². The number of amides is 1. The predicted octanol–water partition coefficient (Wildman–Crippen LogP) is -0.234. The van der Waals surface area contributed by atoms with Crippen LogP contribution in [-0.2, 0) is 4.79 Å². The summed E-state index contributed by atoms with van der Waals surface area (Å²) in [5.41, 5.74) is 0.366. The largest absolute Gasteiger partial charge is 0.441 e. The Hall–Kier alpha value is -1.50. The summed E-state index contributed by atoms with van der Waals surface area (Å²) in [5.74, 6) is -1.33. The zero-order chi connectivity index (χ0) is 11.0. The average Bonchev–Trinajstić information content (AvgIpc) is 2.02. The zero-order valence-electron chi connectivity index (χ0n) is 6.80. The summed E-state index contributed by atoms with van der Waals surface area (Å²) in [4.78, 5) is 10.6. The van der Waals surface area contributed by atoms with Crippen LogP contribution in [0.25, 0.3) is 0 Å². The molecule has 0 radical (unpaired) electrons. The van der Waals surface area contributed by atoms with Gasteiger partial charge in [-0.2, -0.15) is 13.2 Å². The molecule has 0 fully saturated rings. The van der Waals surface area contributed by atoms with Gasteiger partial charge in [-0.15, -0.1) is 0 Å². The van der Waals surface area contributed by atoms with Crippen molar-refractivity contribution < 1.29 is 23.1 Å². The highest BCUT2D eigenvalue weighted by molar-refractivity contribution is 5.94. The molecular formula is C7H7F3N2O2. The first-order valence-corrected chi connectivity index (χ1v) is 3.53. The summed E-state index contributed by atoms with van der Waals surface area (Å²) in [5, 5.41) is 10.8. The molecule has 1 aliphatic rings. The third-order valence-corrected chi connectivity index (χ3v) is 1.72. The number of hydrogen-bond acceptors (Lipinski definition) is 3. The van der Waals surface area contributed by atoms with E-state index in [1.807, 2.05) is 0 Å². The topological polar surface area (TPSA) is 75.4 Å². The summed E-state index contributed by atoms with van der Waals surface area (Å²) < 4.78 is 37.0. The number of allylic oxidation sites excluding steroid dienone is 2. The molecule has 1 aliphatic heterocycles. The molecule has 0 aliphatic carbocycles. The van der Waals surface area contributed by atoms with E-state index in [9.17, 15) is 23.1 Å². The van der Waals surface area contributed by atoms with Gasteiger partial charge in [-0.05, 0) is 18.4 Å². The number of alkyl halides is 3. The predicted molar refractivity (Wildman–Crippen MR) is 40.6 cm³/mol. The maximum atomic E-state index is 12.3. The Morgan fingerprint density at radius 1 is 1.57 bits per heavy atom. The Bertz CT molecular complexity index is 321. The van der Waals surface area contributed by atoms with Crippen LogP contribution < -0.4 is 11.1 Å². The van der Waals surface area contributed by atoms with E-state index in [-0.39, 0.29) is 0 Å². The molecule has 0 aromatic rings. The molecule has 0 bridgehead atoms. The van der Waals surface area contributed by atoms with Gasteiger partial charge in [0.05, 0.1) is 5.57 Å². The molecule has 7 heteroatoms. The Kier molecular flexibility index (Phi) is 2.28. The van der Waals surface area contributed by atoms with Crippen LogP contribution in [0, 0.1) is 0 Å². The molecule has 0 aromatic carbocycles. The summed E-state index contributed by atoms with van der Waals surface area (Å²) in [6.07, 6.45) is -2.19. The quantitative estimate of drug-likeness (QED) is 0.557. The molecule has 1 unspecified atom stereocenters. The van der Waals surface area contributed by atoms with Crippen molar-refractivity contribution in [2.24, 2.45) is 5.73 Å². The van der Waals surface area contributed by atoms with Crippen LogP contribution in [-0.4, -0.2) is 22.9 Å². The van der Waals surface area contributed by atoms with Crippen molar-refractivity contribution in [1.29, 1.82) is 0 Å². The van der Waals surface area contributed by atoms with Crippen LogP contribution in [0.1, 0.15) is 0 Å². The zero-order valence-corrected chi connectivity index (χ0v) is 6.80. The van der Waals surface area contributed by atoms with Gasteiger partial charge in [0.25, 0.3) is 5.72 Å². The fraction of sp³-hybridized carbons (Fsp3) is 0.286. The summed E-state index contributed by atoms with van der Waals surface area (Å²) >= 11 is 0. The van der Waals surface area contributed by atoms with Gasteiger partial charge in [0.15, 0.2) is 0 Å². The van der Waals surface area contributed by atoms with Crippen molar-refractivity contribution in [3.8, 4) is 0 Å². The maximum absolute atomic E-state index is 12.3. The summed E-state index contributed by atoms with van der Waals surface area (Å²) in [7, 11) is 0. The van der Waals surface area contributed by atoms with Crippen LogP contribution in [0.4, 0.5) is 13.2 Å². The van der Waals surface area contributed by atoms with Crippen LogP contribution in [0.15, 0.2) is 23.9 Å². The molecule has 14 heavy (non-hydrogen) atoms. The highest BCUT2D eigenvalue weighted by Crippen LogP contribution is 2.35. The molecular weight excluding hydrogens is 201 g/mol. The third kappa shape index (κ3) is 1.46. The summed E-state index contributed by atoms with van der Waals surface area (Å²) in [6.45, 7) is 0. The smallest absolute Gasteiger partial charge is 0.366 e. The minimum atomic E-state index is -5.02. The number of hydrogen-bond donors (Lipinski definition) is 3. The molecule has 78 valence electrons. The lowest BCUT2D eigenvalue weighted by atomic mass is 9.99. The molecule has 1 atom stereocenters. The van der Waals surface area contributed by atoms with Crippen LogP contribution in [0.3, 0.4) is 0 Å². The number of carbonyl (C=O) groups is 1. The molecule has 0 aromatic heterocycles. The Morgan fingerprint density at radius 3 is 2.50 bits per heavy atom. The van der Waals surface area contributed by atoms with E-state index >= 15 is 0 Å². The normalized spacial score (nSPS) is 26.7. The first kappa shape index (κ1) is 10.6. The third-order valence-electron chi connectivity index (χ3n) is 1.72. The van der Waals surface area contributed by atoms with Crippen LogP contribution in [0.2, 0.25) is 0 Å². The Labute approximate surface area is 76.9 Å². The first-order valence-electron chi connectivity index (χ1n) is 3.53. The standard InChI is InChI=1S/C7H7F3N2O2/c8-7(9,10)6(14)4(5(11)13)2-1-3-12-6/h1-3,12,14H,(H2,11,13). The highest BCUT2D eigenvalue weighted by Gasteiger charge is 2.58. The fourth-order valence-corrected chi connectivity index (χ4v) is 1.01. The minimum absolute atomic E-state index is 0.812. The fourth-order valence-electron chi connectivity index (χ4n) is 1.01. The number of rotatable bonds is 1. The van der Waals surface area contributed by atoms with E-state index in [4.69, 9.17) is 5.73 Å². The number of nitrogens with two attached hydrogens (primary N) is 1. The van der Waals surface area contributed by atoms with E-state index in [1.54, 1.807) is 5.32 Å². The lowest BCUT2D eigenvalue weighted by Crippen LogP contribution is -2.59. The lowest BCUT2D eigenvalue weighted by Gasteiger charge is -2.32. The van der Waals surface area contributed by atoms with Crippen molar-refractivity contribution in [2.75, 3.05) is 0 Å². The maximum Gasteiger partial charge on any atom is 0.441 e. The van der Waals surface area contributed by atoms with Gasteiger partial charge in [-0.1, -0.05) is 0 Å². The monoisotopic (exact) mass is 208 g/mol. The van der Waals surface area contributed by atoms with Gasteiger partial charge < -0.3 is 16.2 Å². The molecule has 0 saturated carbocycles. The van der Waals surface area contributed by atoms with E-state index < -0.39 is 23.4 Å². The second kappa shape index (κ2) is 3.02. The number of nitrogens with one attached hydrogen (secondary N) is 1. The van der Waals surface area contributed by atoms with Gasteiger partial charge in [0.2, 0.25) is 5.91 Å². The molecule has 1 amide bonds. The Balaban J connectivity index is 3.17. The van der Waals surface area contributed by atoms with E-state index in [0.717, 1.165) is 18.4 Å². The highest BCUT2D eigenvalue weighted by atomic mass is 19.4. The summed E-state index contributed by atoms with van der Waals surface area (Å²) in [6, 6.07) is 0. The molecule has 1 rings (SSSR count). The van der Waals surface area contributed by atoms with Gasteiger partial charge in [0.1, 0.15) is 0 Å². The second-order valence-electron chi connectivity index (χ2n) is 2.66.